The lowest BCUT2D eigenvalue weighted by molar-refractivity contribution is 0.570. The van der Waals surface area contributed by atoms with Gasteiger partial charge in [0.15, 0.2) is 0 Å². The molecule has 0 fully saturated rings. The molecule has 20 heavy (non-hydrogen) atoms. The molecule has 0 aliphatic rings. The summed E-state index contributed by atoms with van der Waals surface area (Å²) in [6.07, 6.45) is 0. The van der Waals surface area contributed by atoms with Gasteiger partial charge in [-0.3, -0.25) is 4.72 Å². The molecule has 2 aromatic carbocycles. The number of nitrogens with two attached hydrogens (primary N) is 1. The molecule has 0 bridgehead atoms. The van der Waals surface area contributed by atoms with Crippen LogP contribution < -0.4 is 10.5 Å². The number of hydrogen-bond acceptors (Lipinski definition) is 3. The molecule has 0 aliphatic heterocycles. The summed E-state index contributed by atoms with van der Waals surface area (Å²) in [5.41, 5.74) is 6.70. The first-order valence-electron chi connectivity index (χ1n) is 5.63. The lowest BCUT2D eigenvalue weighted by Gasteiger charge is -2.10. The molecule has 4 nitrogen and oxygen atoms in total. The van der Waals surface area contributed by atoms with Gasteiger partial charge in [0, 0.05) is 10.7 Å². The van der Waals surface area contributed by atoms with Crippen LogP contribution in [0.1, 0.15) is 5.56 Å². The number of benzene rings is 2. The maximum atomic E-state index is 13.6. The van der Waals surface area contributed by atoms with Crippen LogP contribution in [-0.4, -0.2) is 8.42 Å². The van der Waals surface area contributed by atoms with E-state index >= 15 is 0 Å². The lowest BCUT2D eigenvalue weighted by atomic mass is 10.2. The number of nitrogen functional groups attached to an aromatic ring is 1. The van der Waals surface area contributed by atoms with Crippen molar-refractivity contribution in [3.63, 3.8) is 0 Å². The minimum atomic E-state index is -4.06. The summed E-state index contributed by atoms with van der Waals surface area (Å²) in [4.78, 5) is -0.505. The molecule has 0 spiro atoms. The Labute approximate surface area is 121 Å². The van der Waals surface area contributed by atoms with Crippen molar-refractivity contribution < 1.29 is 12.8 Å². The quantitative estimate of drug-likeness (QED) is 0.855. The van der Waals surface area contributed by atoms with Crippen molar-refractivity contribution in [2.45, 2.75) is 11.8 Å². The highest BCUT2D eigenvalue weighted by Gasteiger charge is 2.19. The van der Waals surface area contributed by atoms with Gasteiger partial charge in [-0.2, -0.15) is 0 Å². The minimum absolute atomic E-state index is 0.161. The second-order valence-electron chi connectivity index (χ2n) is 4.26. The van der Waals surface area contributed by atoms with Gasteiger partial charge < -0.3 is 5.73 Å². The van der Waals surface area contributed by atoms with Gasteiger partial charge in [0.25, 0.3) is 10.0 Å². The van der Waals surface area contributed by atoms with E-state index in [0.717, 1.165) is 17.7 Å². The zero-order valence-corrected chi connectivity index (χ0v) is 12.1. The predicted molar refractivity (Wildman–Crippen MR) is 77.8 cm³/mol. The molecule has 0 atom stereocenters. The van der Waals surface area contributed by atoms with Gasteiger partial charge in [0.2, 0.25) is 0 Å². The Morgan fingerprint density at radius 1 is 1.20 bits per heavy atom. The SMILES string of the molecule is Cc1ccc(NS(=O)(=O)c2cc(N)ccc2F)cc1Cl. The third-order valence-electron chi connectivity index (χ3n) is 2.67. The fraction of sp³-hybridized carbons (Fsp3) is 0.0769. The van der Waals surface area contributed by atoms with Crippen LogP contribution in [0.3, 0.4) is 0 Å². The maximum absolute atomic E-state index is 13.6. The molecule has 0 unspecified atom stereocenters. The Morgan fingerprint density at radius 3 is 2.55 bits per heavy atom. The average molecular weight is 315 g/mol. The van der Waals surface area contributed by atoms with Crippen molar-refractivity contribution in [1.29, 1.82) is 0 Å². The second-order valence-corrected chi connectivity index (χ2v) is 6.32. The smallest absolute Gasteiger partial charge is 0.264 e. The number of rotatable bonds is 3. The molecular formula is C13H12ClFN2O2S. The molecule has 3 N–H and O–H groups in total. The van der Waals surface area contributed by atoms with Crippen molar-refractivity contribution in [3.05, 3.63) is 52.8 Å². The molecule has 0 saturated heterocycles. The van der Waals surface area contributed by atoms with Gasteiger partial charge in [-0.15, -0.1) is 0 Å². The molecule has 0 heterocycles. The molecule has 2 aromatic rings. The summed E-state index contributed by atoms with van der Waals surface area (Å²) in [6.45, 7) is 1.79. The molecule has 2 rings (SSSR count). The van der Waals surface area contributed by atoms with E-state index in [1.54, 1.807) is 19.1 Å². The first-order chi connectivity index (χ1) is 9.29. The molecule has 106 valence electrons. The highest BCUT2D eigenvalue weighted by molar-refractivity contribution is 7.92. The van der Waals surface area contributed by atoms with Crippen LogP contribution >= 0.6 is 11.6 Å². The largest absolute Gasteiger partial charge is 0.399 e. The van der Waals surface area contributed by atoms with Crippen molar-refractivity contribution in [2.24, 2.45) is 0 Å². The first-order valence-corrected chi connectivity index (χ1v) is 7.50. The summed E-state index contributed by atoms with van der Waals surface area (Å²) in [5, 5.41) is 0.415. The molecule has 0 amide bonds. The van der Waals surface area contributed by atoms with E-state index < -0.39 is 20.7 Å². The van der Waals surface area contributed by atoms with Crippen molar-refractivity contribution in [2.75, 3.05) is 10.5 Å². The number of nitrogens with one attached hydrogen (secondary N) is 1. The van der Waals surface area contributed by atoms with Gasteiger partial charge >= 0.3 is 0 Å². The van der Waals surface area contributed by atoms with Crippen molar-refractivity contribution in [3.8, 4) is 0 Å². The number of anilines is 2. The van der Waals surface area contributed by atoms with Crippen molar-refractivity contribution >= 4 is 33.0 Å². The van der Waals surface area contributed by atoms with Crippen LogP contribution in [0.4, 0.5) is 15.8 Å². The Kier molecular flexibility index (Phi) is 3.87. The molecule has 0 saturated carbocycles. The average Bonchev–Trinajstić information content (AvgIpc) is 2.36. The van der Waals surface area contributed by atoms with Gasteiger partial charge in [-0.25, -0.2) is 12.8 Å². The number of hydrogen-bond donors (Lipinski definition) is 2. The van der Waals surface area contributed by atoms with Crippen LogP contribution in [-0.2, 0) is 10.0 Å². The van der Waals surface area contributed by atoms with Crippen LogP contribution in [0.15, 0.2) is 41.3 Å². The van der Waals surface area contributed by atoms with E-state index in [1.807, 2.05) is 0 Å². The minimum Gasteiger partial charge on any atom is -0.399 e. The highest BCUT2D eigenvalue weighted by atomic mass is 35.5. The Hall–Kier alpha value is -1.79. The highest BCUT2D eigenvalue weighted by Crippen LogP contribution is 2.24. The summed E-state index contributed by atoms with van der Waals surface area (Å²) in [6, 6.07) is 8.02. The van der Waals surface area contributed by atoms with Crippen molar-refractivity contribution in [1.82, 2.24) is 0 Å². The van der Waals surface area contributed by atoms with Gasteiger partial charge in [0.05, 0.1) is 5.69 Å². The van der Waals surface area contributed by atoms with E-state index in [4.69, 9.17) is 17.3 Å². The normalized spacial score (nSPS) is 11.3. The van der Waals surface area contributed by atoms with Gasteiger partial charge in [-0.05, 0) is 42.8 Å². The number of halogens is 2. The Balaban J connectivity index is 2.40. The van der Waals surface area contributed by atoms with Crippen LogP contribution in [0.5, 0.6) is 0 Å². The van der Waals surface area contributed by atoms with Gasteiger partial charge in [0.1, 0.15) is 10.7 Å². The first kappa shape index (κ1) is 14.6. The summed E-state index contributed by atoms with van der Waals surface area (Å²) in [5.74, 6) is -0.870. The fourth-order valence-corrected chi connectivity index (χ4v) is 2.94. The monoisotopic (exact) mass is 314 g/mol. The molecule has 0 aliphatic carbocycles. The number of sulfonamides is 1. The van der Waals surface area contributed by atoms with E-state index in [9.17, 15) is 12.8 Å². The third-order valence-corrected chi connectivity index (χ3v) is 4.47. The third kappa shape index (κ3) is 3.02. The van der Waals surface area contributed by atoms with Gasteiger partial charge in [-0.1, -0.05) is 17.7 Å². The standard InChI is InChI=1S/C13H12ClFN2O2S/c1-8-2-4-10(7-11(8)14)17-20(18,19)13-6-9(16)3-5-12(13)15/h2-7,17H,16H2,1H3. The maximum Gasteiger partial charge on any atom is 0.264 e. The summed E-state index contributed by atoms with van der Waals surface area (Å²) < 4.78 is 40.1. The molecule has 0 aromatic heterocycles. The predicted octanol–water partition coefficient (Wildman–Crippen LogP) is 3.17. The van der Waals surface area contributed by atoms with E-state index in [-0.39, 0.29) is 11.4 Å². The van der Waals surface area contributed by atoms with E-state index in [2.05, 4.69) is 4.72 Å². The summed E-state index contributed by atoms with van der Waals surface area (Å²) in [7, 11) is -4.06. The lowest BCUT2D eigenvalue weighted by Crippen LogP contribution is -2.15. The molecular weight excluding hydrogens is 303 g/mol. The van der Waals surface area contributed by atoms with E-state index in [0.29, 0.717) is 5.02 Å². The Morgan fingerprint density at radius 2 is 1.90 bits per heavy atom. The molecule has 7 heteroatoms. The molecule has 0 radical (unpaired) electrons. The van der Waals surface area contributed by atoms with Crippen LogP contribution in [0, 0.1) is 12.7 Å². The zero-order valence-electron chi connectivity index (χ0n) is 10.5. The van der Waals surface area contributed by atoms with Crippen LogP contribution in [0.2, 0.25) is 5.02 Å². The number of aryl methyl sites for hydroxylation is 1. The second kappa shape index (κ2) is 5.30. The summed E-state index contributed by atoms with van der Waals surface area (Å²) >= 11 is 5.92. The zero-order chi connectivity index (χ0) is 14.9. The fourth-order valence-electron chi connectivity index (χ4n) is 1.59. The topological polar surface area (TPSA) is 72.2 Å². The van der Waals surface area contributed by atoms with Crippen LogP contribution in [0.25, 0.3) is 0 Å². The van der Waals surface area contributed by atoms with E-state index in [1.165, 1.54) is 12.1 Å². The Bertz CT molecular complexity index is 763.